The molecule has 1 unspecified atom stereocenters. The molecule has 1 atom stereocenters. The monoisotopic (exact) mass is 378 g/mol. The molecule has 148 valence electrons. The van der Waals surface area contributed by atoms with Crippen LogP contribution in [0.15, 0.2) is 60.7 Å². The van der Waals surface area contributed by atoms with Crippen molar-refractivity contribution in [1.29, 1.82) is 0 Å². The summed E-state index contributed by atoms with van der Waals surface area (Å²) in [7, 11) is 1.68. The van der Waals surface area contributed by atoms with Crippen LogP contribution in [0.5, 0.6) is 5.75 Å². The van der Waals surface area contributed by atoms with E-state index in [2.05, 4.69) is 51.0 Å². The van der Waals surface area contributed by atoms with Gasteiger partial charge in [0, 0.05) is 34.6 Å². The Balaban J connectivity index is 2.25. The Hall–Kier alpha value is -2.88. The second-order valence-corrected chi connectivity index (χ2v) is 8.60. The first-order valence-electron chi connectivity index (χ1n) is 9.48. The predicted molar refractivity (Wildman–Crippen MR) is 117 cm³/mol. The third-order valence-electron chi connectivity index (χ3n) is 5.64. The zero-order chi connectivity index (χ0) is 20.8. The molecule has 4 heteroatoms. The van der Waals surface area contributed by atoms with E-state index in [4.69, 9.17) is 10.5 Å². The number of allylic oxidation sites excluding steroid dienone is 3. The van der Waals surface area contributed by atoms with E-state index >= 15 is 0 Å². The van der Waals surface area contributed by atoms with Crippen LogP contribution in [-0.4, -0.2) is 23.2 Å². The zero-order valence-corrected chi connectivity index (χ0v) is 17.5. The molecule has 0 radical (unpaired) electrons. The number of benzene rings is 1. The van der Waals surface area contributed by atoms with Crippen molar-refractivity contribution in [3.05, 3.63) is 77.4 Å². The summed E-state index contributed by atoms with van der Waals surface area (Å²) in [5.41, 5.74) is 12.7. The highest BCUT2D eigenvalue weighted by Gasteiger charge is 2.38. The summed E-state index contributed by atoms with van der Waals surface area (Å²) >= 11 is 0. The van der Waals surface area contributed by atoms with Crippen molar-refractivity contribution in [3.8, 4) is 5.75 Å². The van der Waals surface area contributed by atoms with E-state index in [0.29, 0.717) is 5.57 Å². The first-order chi connectivity index (χ1) is 13.1. The van der Waals surface area contributed by atoms with Gasteiger partial charge in [-0.3, -0.25) is 0 Å². The minimum atomic E-state index is 0.0205. The molecule has 0 bridgehead atoms. The minimum absolute atomic E-state index is 0.0205. The average Bonchev–Trinajstić information content (AvgIpc) is 2.64. The second kappa shape index (κ2) is 6.93. The van der Waals surface area contributed by atoms with Gasteiger partial charge in [0.25, 0.3) is 0 Å². The second-order valence-electron chi connectivity index (χ2n) is 8.60. The van der Waals surface area contributed by atoms with Gasteiger partial charge in [-0.1, -0.05) is 33.9 Å². The number of nitrogens with two attached hydrogens (primary N) is 1. The van der Waals surface area contributed by atoms with Gasteiger partial charge in [-0.05, 0) is 59.9 Å². The standard InChI is InChI=1S/C24H30N2O2/c1-14-8-21-19-11-22(28-7)18(15(2)12-25)9-17(19)10-23(24(4,5)6)26(21)13-20(14)16(3)27/h8-9,11-13,23,27H,1,3,10,25H2,2,4-7H3/b15-12+. The molecule has 0 spiro atoms. The van der Waals surface area contributed by atoms with Crippen LogP contribution in [-0.2, 0) is 6.42 Å². The van der Waals surface area contributed by atoms with E-state index in [1.54, 1.807) is 13.3 Å². The smallest absolute Gasteiger partial charge is 0.127 e. The molecular formula is C24H30N2O2. The van der Waals surface area contributed by atoms with E-state index in [1.807, 2.05) is 19.2 Å². The van der Waals surface area contributed by atoms with Crippen molar-refractivity contribution in [2.45, 2.75) is 40.2 Å². The lowest BCUT2D eigenvalue weighted by Crippen LogP contribution is -2.45. The van der Waals surface area contributed by atoms with Gasteiger partial charge in [0.2, 0.25) is 0 Å². The maximum absolute atomic E-state index is 10.0. The summed E-state index contributed by atoms with van der Waals surface area (Å²) in [4.78, 5) is 2.25. The molecule has 0 aromatic heterocycles. The molecule has 1 aromatic carbocycles. The maximum atomic E-state index is 10.0. The Kier molecular flexibility index (Phi) is 4.92. The van der Waals surface area contributed by atoms with E-state index in [9.17, 15) is 5.11 Å². The molecule has 1 aromatic rings. The molecule has 0 saturated carbocycles. The number of nitrogens with zero attached hydrogens (tertiary/aromatic N) is 1. The van der Waals surface area contributed by atoms with Crippen LogP contribution in [0.2, 0.25) is 0 Å². The van der Waals surface area contributed by atoms with Crippen molar-refractivity contribution in [3.63, 3.8) is 0 Å². The molecule has 0 saturated heterocycles. The highest BCUT2D eigenvalue weighted by Crippen LogP contribution is 2.45. The molecule has 2 aliphatic rings. The van der Waals surface area contributed by atoms with Gasteiger partial charge in [0.1, 0.15) is 11.5 Å². The summed E-state index contributed by atoms with van der Waals surface area (Å²) in [5.74, 6) is 0.829. The summed E-state index contributed by atoms with van der Waals surface area (Å²) < 4.78 is 5.66. The van der Waals surface area contributed by atoms with Crippen LogP contribution in [0.25, 0.3) is 11.3 Å². The molecule has 0 fully saturated rings. The highest BCUT2D eigenvalue weighted by molar-refractivity contribution is 5.80. The third-order valence-corrected chi connectivity index (χ3v) is 5.64. The number of aliphatic hydroxyl groups is 1. The van der Waals surface area contributed by atoms with Crippen molar-refractivity contribution < 1.29 is 9.84 Å². The Morgan fingerprint density at radius 1 is 1.36 bits per heavy atom. The fourth-order valence-corrected chi connectivity index (χ4v) is 3.97. The topological polar surface area (TPSA) is 58.7 Å². The number of fused-ring (bicyclic) bond motifs is 3. The number of hydrogen-bond acceptors (Lipinski definition) is 4. The Morgan fingerprint density at radius 3 is 2.57 bits per heavy atom. The summed E-state index contributed by atoms with van der Waals surface area (Å²) in [6, 6.07) is 4.49. The van der Waals surface area contributed by atoms with Crippen LogP contribution in [0.3, 0.4) is 0 Å². The molecule has 0 aliphatic carbocycles. The molecule has 28 heavy (non-hydrogen) atoms. The number of ether oxygens (including phenoxy) is 1. The van der Waals surface area contributed by atoms with Crippen LogP contribution < -0.4 is 10.5 Å². The number of methoxy groups -OCH3 is 1. The third kappa shape index (κ3) is 3.24. The summed E-state index contributed by atoms with van der Waals surface area (Å²) in [6.07, 6.45) is 6.49. The zero-order valence-electron chi connectivity index (χ0n) is 17.5. The average molecular weight is 379 g/mol. The van der Waals surface area contributed by atoms with Crippen LogP contribution in [0, 0.1) is 5.41 Å². The van der Waals surface area contributed by atoms with Crippen LogP contribution in [0.1, 0.15) is 44.4 Å². The first-order valence-corrected chi connectivity index (χ1v) is 9.48. The predicted octanol–water partition coefficient (Wildman–Crippen LogP) is 5.15. The Morgan fingerprint density at radius 2 is 2.04 bits per heavy atom. The van der Waals surface area contributed by atoms with Gasteiger partial charge in [-0.2, -0.15) is 0 Å². The van der Waals surface area contributed by atoms with Crippen molar-refractivity contribution in [1.82, 2.24) is 4.90 Å². The highest BCUT2D eigenvalue weighted by atomic mass is 16.5. The Bertz CT molecular complexity index is 942. The lowest BCUT2D eigenvalue weighted by Gasteiger charge is -2.47. The number of aliphatic hydroxyl groups excluding tert-OH is 1. The van der Waals surface area contributed by atoms with E-state index in [1.165, 1.54) is 5.56 Å². The number of rotatable bonds is 3. The van der Waals surface area contributed by atoms with Gasteiger partial charge in [-0.25, -0.2) is 0 Å². The SMILES string of the molecule is C=C(O)C1=CN2C(=CC1=C)c1cc(OC)c(/C(C)=C/N)cc1CC2C(C)(C)C. The van der Waals surface area contributed by atoms with Gasteiger partial charge >= 0.3 is 0 Å². The first kappa shape index (κ1) is 19.9. The molecule has 2 heterocycles. The Labute approximate surface area is 168 Å². The molecular weight excluding hydrogens is 348 g/mol. The van der Waals surface area contributed by atoms with E-state index in [0.717, 1.165) is 40.1 Å². The van der Waals surface area contributed by atoms with Gasteiger partial charge in [0.05, 0.1) is 7.11 Å². The van der Waals surface area contributed by atoms with Gasteiger partial charge in [-0.15, -0.1) is 0 Å². The molecule has 4 nitrogen and oxygen atoms in total. The fourth-order valence-electron chi connectivity index (χ4n) is 3.97. The van der Waals surface area contributed by atoms with Crippen molar-refractivity contribution >= 4 is 11.3 Å². The van der Waals surface area contributed by atoms with Gasteiger partial charge < -0.3 is 20.5 Å². The lowest BCUT2D eigenvalue weighted by atomic mass is 9.76. The van der Waals surface area contributed by atoms with Crippen molar-refractivity contribution in [2.24, 2.45) is 11.1 Å². The molecule has 0 amide bonds. The summed E-state index contributed by atoms with van der Waals surface area (Å²) in [6.45, 7) is 16.5. The van der Waals surface area contributed by atoms with Gasteiger partial charge in [0.15, 0.2) is 0 Å². The molecule has 3 N–H and O–H groups in total. The summed E-state index contributed by atoms with van der Waals surface area (Å²) in [5, 5.41) is 10.0. The number of hydrogen-bond donors (Lipinski definition) is 2. The van der Waals surface area contributed by atoms with Crippen LogP contribution >= 0.6 is 0 Å². The largest absolute Gasteiger partial charge is 0.508 e. The van der Waals surface area contributed by atoms with E-state index < -0.39 is 0 Å². The lowest BCUT2D eigenvalue weighted by molar-refractivity contribution is 0.188. The molecule has 2 aliphatic heterocycles. The minimum Gasteiger partial charge on any atom is -0.508 e. The van der Waals surface area contributed by atoms with Crippen LogP contribution in [0.4, 0.5) is 0 Å². The normalized spacial score (nSPS) is 19.5. The maximum Gasteiger partial charge on any atom is 0.127 e. The quantitative estimate of drug-likeness (QED) is 0.714. The van der Waals surface area contributed by atoms with Crippen molar-refractivity contribution in [2.75, 3.05) is 7.11 Å². The molecule has 3 rings (SSSR count). The fraction of sp³-hybridized carbons (Fsp3) is 0.333. The van der Waals surface area contributed by atoms with E-state index in [-0.39, 0.29) is 17.2 Å².